The Balaban J connectivity index is 1.36. The molecule has 4 aromatic rings. The van der Waals surface area contributed by atoms with Gasteiger partial charge in [-0.15, -0.1) is 10.2 Å². The van der Waals surface area contributed by atoms with Gasteiger partial charge in [0.05, 0.1) is 11.2 Å². The van der Waals surface area contributed by atoms with Crippen LogP contribution in [0.3, 0.4) is 0 Å². The number of aromatic amines is 1. The number of nitrogens with zero attached hydrogens (tertiary/aromatic N) is 3. The molecular formula is C23H28N6S. The predicted molar refractivity (Wildman–Crippen MR) is 125 cm³/mol. The van der Waals surface area contributed by atoms with Crippen molar-refractivity contribution in [2.45, 2.75) is 45.6 Å². The summed E-state index contributed by atoms with van der Waals surface area (Å²) in [6, 6.07) is 14.9. The van der Waals surface area contributed by atoms with E-state index in [9.17, 15) is 0 Å². The maximum absolute atomic E-state index is 6.35. The standard InChI is InChI=1S/C23H28N6S/c1-14-19-12-16(7-10-20(19)27-26-14)21-28-29-22(30-21)25-13-18(24)11-15-5-8-17(9-6-15)23(2,3)4/h5-10,12,18H,11,13,24H2,1-4H3,(H,25,29)(H,26,27). The molecule has 4 N–H and O–H groups in total. The normalized spacial score (nSPS) is 13.0. The Morgan fingerprint density at radius 3 is 2.60 bits per heavy atom. The van der Waals surface area contributed by atoms with E-state index in [0.717, 1.165) is 38.7 Å². The van der Waals surface area contributed by atoms with Crippen molar-refractivity contribution in [1.29, 1.82) is 0 Å². The van der Waals surface area contributed by atoms with E-state index in [1.807, 2.05) is 19.1 Å². The fourth-order valence-corrected chi connectivity index (χ4v) is 4.17. The summed E-state index contributed by atoms with van der Waals surface area (Å²) < 4.78 is 0. The van der Waals surface area contributed by atoms with E-state index in [-0.39, 0.29) is 11.5 Å². The zero-order valence-corrected chi connectivity index (χ0v) is 18.7. The number of anilines is 1. The summed E-state index contributed by atoms with van der Waals surface area (Å²) in [7, 11) is 0. The van der Waals surface area contributed by atoms with E-state index in [4.69, 9.17) is 5.73 Å². The van der Waals surface area contributed by atoms with Crippen LogP contribution in [0.4, 0.5) is 5.13 Å². The van der Waals surface area contributed by atoms with Crippen LogP contribution >= 0.6 is 11.3 Å². The van der Waals surface area contributed by atoms with Crippen LogP contribution in [0.2, 0.25) is 0 Å². The first-order valence-corrected chi connectivity index (χ1v) is 11.0. The molecule has 2 aromatic heterocycles. The number of fused-ring (bicyclic) bond motifs is 1. The lowest BCUT2D eigenvalue weighted by molar-refractivity contribution is 0.589. The van der Waals surface area contributed by atoms with E-state index in [1.165, 1.54) is 22.5 Å². The minimum absolute atomic E-state index is 0.00256. The first kappa shape index (κ1) is 20.5. The third-order valence-corrected chi connectivity index (χ3v) is 6.19. The van der Waals surface area contributed by atoms with Crippen molar-refractivity contribution in [2.75, 3.05) is 11.9 Å². The molecule has 30 heavy (non-hydrogen) atoms. The van der Waals surface area contributed by atoms with Crippen LogP contribution in [-0.2, 0) is 11.8 Å². The van der Waals surface area contributed by atoms with Gasteiger partial charge in [0.2, 0.25) is 5.13 Å². The SMILES string of the molecule is Cc1n[nH]c2ccc(-c3nnc(NCC(N)Cc4ccc(C(C)(C)C)cc4)s3)cc12. The molecule has 7 heteroatoms. The predicted octanol–water partition coefficient (Wildman–Crippen LogP) is 4.67. The monoisotopic (exact) mass is 420 g/mol. The molecule has 0 aliphatic rings. The minimum atomic E-state index is 0.00256. The van der Waals surface area contributed by atoms with E-state index in [1.54, 1.807) is 0 Å². The molecular weight excluding hydrogens is 392 g/mol. The zero-order valence-electron chi connectivity index (χ0n) is 17.9. The van der Waals surface area contributed by atoms with Crippen molar-refractivity contribution in [2.24, 2.45) is 5.73 Å². The Kier molecular flexibility index (Phi) is 5.58. The Labute approximate surface area is 180 Å². The maximum Gasteiger partial charge on any atom is 0.206 e. The highest BCUT2D eigenvalue weighted by Gasteiger charge is 2.14. The van der Waals surface area contributed by atoms with Crippen molar-refractivity contribution in [3.63, 3.8) is 0 Å². The Morgan fingerprint density at radius 2 is 1.87 bits per heavy atom. The first-order valence-electron chi connectivity index (χ1n) is 10.2. The fourth-order valence-electron chi connectivity index (χ4n) is 3.42. The first-order chi connectivity index (χ1) is 14.3. The molecule has 0 aliphatic heterocycles. The molecule has 0 spiro atoms. The number of nitrogens with two attached hydrogens (primary N) is 1. The summed E-state index contributed by atoms with van der Waals surface area (Å²) in [4.78, 5) is 0. The summed E-state index contributed by atoms with van der Waals surface area (Å²) in [6.45, 7) is 9.32. The lowest BCUT2D eigenvalue weighted by Gasteiger charge is -2.19. The van der Waals surface area contributed by atoms with Crippen molar-refractivity contribution in [1.82, 2.24) is 20.4 Å². The van der Waals surface area contributed by atoms with Gasteiger partial charge >= 0.3 is 0 Å². The van der Waals surface area contributed by atoms with Crippen LogP contribution < -0.4 is 11.1 Å². The molecule has 0 saturated carbocycles. The zero-order chi connectivity index (χ0) is 21.3. The molecule has 1 unspecified atom stereocenters. The Hall–Kier alpha value is -2.77. The van der Waals surface area contributed by atoms with Crippen molar-refractivity contribution in [3.8, 4) is 10.6 Å². The second-order valence-corrected chi connectivity index (χ2v) is 9.75. The van der Waals surface area contributed by atoms with Crippen LogP contribution in [0.25, 0.3) is 21.5 Å². The summed E-state index contributed by atoms with van der Waals surface area (Å²) in [5.41, 5.74) is 12.1. The van der Waals surface area contributed by atoms with Gasteiger partial charge in [0, 0.05) is 23.5 Å². The highest BCUT2D eigenvalue weighted by Crippen LogP contribution is 2.29. The van der Waals surface area contributed by atoms with E-state index in [0.29, 0.717) is 6.54 Å². The summed E-state index contributed by atoms with van der Waals surface area (Å²) in [6.07, 6.45) is 0.819. The molecule has 0 amide bonds. The third-order valence-electron chi connectivity index (χ3n) is 5.26. The number of hydrogen-bond donors (Lipinski definition) is 3. The molecule has 0 radical (unpaired) electrons. The van der Waals surface area contributed by atoms with E-state index < -0.39 is 0 Å². The van der Waals surface area contributed by atoms with Gasteiger partial charge in [0.15, 0.2) is 0 Å². The molecule has 0 saturated heterocycles. The molecule has 0 bridgehead atoms. The largest absolute Gasteiger partial charge is 0.359 e. The van der Waals surface area contributed by atoms with Gasteiger partial charge in [-0.25, -0.2) is 0 Å². The fraction of sp³-hybridized carbons (Fsp3) is 0.348. The molecule has 156 valence electrons. The lowest BCUT2D eigenvalue weighted by atomic mass is 9.86. The van der Waals surface area contributed by atoms with Crippen LogP contribution in [-0.4, -0.2) is 33.0 Å². The smallest absolute Gasteiger partial charge is 0.206 e. The molecule has 0 aliphatic carbocycles. The molecule has 4 rings (SSSR count). The van der Waals surface area contributed by atoms with Crippen LogP contribution in [0.5, 0.6) is 0 Å². The van der Waals surface area contributed by atoms with Crippen molar-refractivity contribution >= 4 is 27.4 Å². The lowest BCUT2D eigenvalue weighted by Crippen LogP contribution is -2.31. The van der Waals surface area contributed by atoms with Crippen LogP contribution in [0.15, 0.2) is 42.5 Å². The average molecular weight is 421 g/mol. The number of hydrogen-bond acceptors (Lipinski definition) is 6. The van der Waals surface area contributed by atoms with Gasteiger partial charge in [-0.3, -0.25) is 5.10 Å². The number of benzene rings is 2. The van der Waals surface area contributed by atoms with Gasteiger partial charge in [0.1, 0.15) is 5.01 Å². The van der Waals surface area contributed by atoms with Gasteiger partial charge in [0.25, 0.3) is 0 Å². The highest BCUT2D eigenvalue weighted by molar-refractivity contribution is 7.18. The topological polar surface area (TPSA) is 92.5 Å². The van der Waals surface area contributed by atoms with Gasteiger partial charge in [-0.05, 0) is 48.1 Å². The summed E-state index contributed by atoms with van der Waals surface area (Å²) in [5.74, 6) is 0. The average Bonchev–Trinajstić information content (AvgIpc) is 3.33. The summed E-state index contributed by atoms with van der Waals surface area (Å²) >= 11 is 1.54. The Morgan fingerprint density at radius 1 is 1.10 bits per heavy atom. The van der Waals surface area contributed by atoms with E-state index in [2.05, 4.69) is 76.8 Å². The Bertz CT molecular complexity index is 1140. The van der Waals surface area contributed by atoms with Gasteiger partial charge in [-0.1, -0.05) is 56.4 Å². The number of aromatic nitrogens is 4. The molecule has 0 fully saturated rings. The number of H-pyrrole nitrogens is 1. The quantitative estimate of drug-likeness (QED) is 0.421. The minimum Gasteiger partial charge on any atom is -0.359 e. The summed E-state index contributed by atoms with van der Waals surface area (Å²) in [5, 5.41) is 22.0. The second kappa shape index (κ2) is 8.16. The van der Waals surface area contributed by atoms with Gasteiger partial charge in [-0.2, -0.15) is 5.10 Å². The number of rotatable bonds is 6. The van der Waals surface area contributed by atoms with Crippen LogP contribution in [0, 0.1) is 6.92 Å². The number of nitrogens with one attached hydrogen (secondary N) is 2. The number of aryl methyl sites for hydroxylation is 1. The van der Waals surface area contributed by atoms with Crippen molar-refractivity contribution in [3.05, 3.63) is 59.3 Å². The highest BCUT2D eigenvalue weighted by atomic mass is 32.1. The third kappa shape index (κ3) is 4.52. The van der Waals surface area contributed by atoms with Crippen molar-refractivity contribution < 1.29 is 0 Å². The molecule has 1 atom stereocenters. The maximum atomic E-state index is 6.35. The molecule has 6 nitrogen and oxygen atoms in total. The van der Waals surface area contributed by atoms with Gasteiger partial charge < -0.3 is 11.1 Å². The second-order valence-electron chi connectivity index (χ2n) is 8.77. The van der Waals surface area contributed by atoms with E-state index >= 15 is 0 Å². The molecule has 2 aromatic carbocycles. The van der Waals surface area contributed by atoms with Crippen LogP contribution in [0.1, 0.15) is 37.6 Å². The molecule has 2 heterocycles.